The van der Waals surface area contributed by atoms with Crippen molar-refractivity contribution in [2.45, 2.75) is 26.7 Å². The minimum atomic E-state index is 0.0424. The quantitative estimate of drug-likeness (QED) is 0.718. The van der Waals surface area contributed by atoms with Gasteiger partial charge in [0.25, 0.3) is 0 Å². The summed E-state index contributed by atoms with van der Waals surface area (Å²) in [6.07, 6.45) is 0.730. The van der Waals surface area contributed by atoms with Gasteiger partial charge in [-0.3, -0.25) is 9.59 Å². The molecule has 0 saturated carbocycles. The molecule has 0 spiro atoms. The van der Waals surface area contributed by atoms with E-state index in [0.29, 0.717) is 24.0 Å². The van der Waals surface area contributed by atoms with Gasteiger partial charge in [-0.1, -0.05) is 37.4 Å². The number of ketones is 2. The summed E-state index contributed by atoms with van der Waals surface area (Å²) in [5.74, 6) is 0.0847. The molecule has 0 unspecified atom stereocenters. The van der Waals surface area contributed by atoms with Gasteiger partial charge in [-0.05, 0) is 36.1 Å². The maximum absolute atomic E-state index is 11.5. The first-order valence-corrected chi connectivity index (χ1v) is 5.85. The Morgan fingerprint density at radius 3 is 1.33 bits per heavy atom. The smallest absolute Gasteiger partial charge is 0.162 e. The van der Waals surface area contributed by atoms with Crippen molar-refractivity contribution in [1.82, 2.24) is 0 Å². The monoisotopic (exact) mass is 242 g/mol. The molecule has 0 radical (unpaired) electrons. The summed E-state index contributed by atoms with van der Waals surface area (Å²) in [7, 11) is 0. The van der Waals surface area contributed by atoms with E-state index in [9.17, 15) is 9.59 Å². The van der Waals surface area contributed by atoms with Gasteiger partial charge in [0.1, 0.15) is 0 Å². The highest BCUT2D eigenvalue weighted by Gasteiger charge is 2.06. The maximum Gasteiger partial charge on any atom is 0.162 e. The van der Waals surface area contributed by atoms with Crippen molar-refractivity contribution in [2.75, 3.05) is 0 Å². The Labute approximate surface area is 108 Å². The number of hydrogen-bond acceptors (Lipinski definition) is 2. The van der Waals surface area contributed by atoms with Crippen LogP contribution in [0.25, 0.3) is 0 Å². The van der Waals surface area contributed by atoms with E-state index in [-0.39, 0.29) is 11.6 Å². The van der Waals surface area contributed by atoms with E-state index >= 15 is 0 Å². The molecule has 2 nitrogen and oxygen atoms in total. The number of rotatable bonds is 6. The van der Waals surface area contributed by atoms with E-state index in [2.05, 4.69) is 13.2 Å². The largest absolute Gasteiger partial charge is 0.294 e. The zero-order chi connectivity index (χ0) is 13.7. The highest BCUT2D eigenvalue weighted by molar-refractivity contribution is 5.96. The fourth-order valence-electron chi connectivity index (χ4n) is 1.45. The van der Waals surface area contributed by atoms with Crippen LogP contribution in [-0.2, 0) is 22.4 Å². The number of hydrogen-bond donors (Lipinski definition) is 0. The minimum Gasteiger partial charge on any atom is -0.294 e. The van der Waals surface area contributed by atoms with Gasteiger partial charge in [-0.25, -0.2) is 0 Å². The number of Topliss-reactive ketones (excluding diaryl/α,β-unsaturated/α-hetero) is 2. The molecule has 18 heavy (non-hydrogen) atoms. The predicted molar refractivity (Wildman–Crippen MR) is 73.5 cm³/mol. The molecule has 0 fully saturated rings. The summed E-state index contributed by atoms with van der Waals surface area (Å²) < 4.78 is 0. The van der Waals surface area contributed by atoms with Crippen LogP contribution in [0.2, 0.25) is 0 Å². The van der Waals surface area contributed by atoms with Crippen molar-refractivity contribution in [2.24, 2.45) is 0 Å². The minimum absolute atomic E-state index is 0.0424. The van der Waals surface area contributed by atoms with E-state index < -0.39 is 0 Å². The first-order valence-electron chi connectivity index (χ1n) is 5.85. The third-order valence-electron chi connectivity index (χ3n) is 2.70. The number of carbonyl (C=O) groups excluding carboxylic acids is 2. The molecule has 0 aromatic heterocycles. The fourth-order valence-corrected chi connectivity index (χ4v) is 1.45. The van der Waals surface area contributed by atoms with E-state index in [1.807, 2.05) is 24.3 Å². The van der Waals surface area contributed by atoms with E-state index in [0.717, 1.165) is 11.1 Å². The third-order valence-corrected chi connectivity index (χ3v) is 2.70. The van der Waals surface area contributed by atoms with Gasteiger partial charge >= 0.3 is 0 Å². The zero-order valence-electron chi connectivity index (χ0n) is 11.0. The number of allylic oxidation sites excluding steroid dienone is 2. The SMILES string of the molecule is C=C(C)C(=O)Cc1ccc(CC(=O)C(=C)C)cc1. The van der Waals surface area contributed by atoms with Crippen molar-refractivity contribution in [3.63, 3.8) is 0 Å². The van der Waals surface area contributed by atoms with Crippen molar-refractivity contribution in [3.05, 3.63) is 59.7 Å². The molecule has 0 aliphatic rings. The highest BCUT2D eigenvalue weighted by atomic mass is 16.1. The predicted octanol–water partition coefficient (Wildman–Crippen LogP) is 3.06. The highest BCUT2D eigenvalue weighted by Crippen LogP contribution is 2.09. The summed E-state index contributed by atoms with van der Waals surface area (Å²) in [4.78, 5) is 23.0. The molecule has 0 amide bonds. The summed E-state index contributed by atoms with van der Waals surface area (Å²) >= 11 is 0. The zero-order valence-corrected chi connectivity index (χ0v) is 11.0. The molecule has 0 heterocycles. The Balaban J connectivity index is 2.68. The second-order valence-electron chi connectivity index (χ2n) is 4.58. The second-order valence-corrected chi connectivity index (χ2v) is 4.58. The van der Waals surface area contributed by atoms with Gasteiger partial charge in [0.2, 0.25) is 0 Å². The van der Waals surface area contributed by atoms with Gasteiger partial charge in [0.15, 0.2) is 11.6 Å². The Hall–Kier alpha value is -1.96. The fraction of sp³-hybridized carbons (Fsp3) is 0.250. The van der Waals surface area contributed by atoms with Crippen molar-refractivity contribution in [1.29, 1.82) is 0 Å². The van der Waals surface area contributed by atoms with Gasteiger partial charge in [-0.2, -0.15) is 0 Å². The first-order chi connectivity index (χ1) is 8.40. The van der Waals surface area contributed by atoms with Crippen LogP contribution in [-0.4, -0.2) is 11.6 Å². The lowest BCUT2D eigenvalue weighted by Crippen LogP contribution is -2.05. The Morgan fingerprint density at radius 2 is 1.11 bits per heavy atom. The molecule has 0 atom stereocenters. The molecule has 0 aliphatic carbocycles. The van der Waals surface area contributed by atoms with E-state index in [1.165, 1.54) is 0 Å². The Morgan fingerprint density at radius 1 is 0.833 bits per heavy atom. The summed E-state index contributed by atoms with van der Waals surface area (Å²) in [6, 6.07) is 7.51. The average Bonchev–Trinajstić information content (AvgIpc) is 2.31. The second kappa shape index (κ2) is 6.10. The van der Waals surface area contributed by atoms with Crippen LogP contribution in [0.1, 0.15) is 25.0 Å². The molecular weight excluding hydrogens is 224 g/mol. The molecule has 0 aliphatic heterocycles. The lowest BCUT2D eigenvalue weighted by molar-refractivity contribution is -0.115. The van der Waals surface area contributed by atoms with Crippen LogP contribution in [0.15, 0.2) is 48.6 Å². The van der Waals surface area contributed by atoms with Gasteiger partial charge in [0, 0.05) is 12.8 Å². The van der Waals surface area contributed by atoms with Crippen LogP contribution < -0.4 is 0 Å². The molecule has 1 aromatic carbocycles. The van der Waals surface area contributed by atoms with E-state index in [1.54, 1.807) is 13.8 Å². The van der Waals surface area contributed by atoms with Crippen molar-refractivity contribution >= 4 is 11.6 Å². The lowest BCUT2D eigenvalue weighted by Gasteiger charge is -2.04. The number of benzene rings is 1. The molecule has 0 saturated heterocycles. The lowest BCUT2D eigenvalue weighted by atomic mass is 10.0. The summed E-state index contributed by atoms with van der Waals surface area (Å²) in [5.41, 5.74) is 3.01. The molecule has 2 heteroatoms. The molecular formula is C16H18O2. The summed E-state index contributed by atoms with van der Waals surface area (Å²) in [6.45, 7) is 10.7. The van der Waals surface area contributed by atoms with Crippen LogP contribution in [0.4, 0.5) is 0 Å². The standard InChI is InChI=1S/C16H18O2/c1-11(2)15(17)9-13-5-7-14(8-6-13)10-16(18)12(3)4/h5-8H,1,3,9-10H2,2,4H3. The number of carbonyl (C=O) groups is 2. The average molecular weight is 242 g/mol. The summed E-state index contributed by atoms with van der Waals surface area (Å²) in [5, 5.41) is 0. The van der Waals surface area contributed by atoms with Crippen molar-refractivity contribution < 1.29 is 9.59 Å². The Kier molecular flexibility index (Phi) is 4.78. The molecule has 94 valence electrons. The van der Waals surface area contributed by atoms with Crippen LogP contribution in [0.3, 0.4) is 0 Å². The van der Waals surface area contributed by atoms with Crippen LogP contribution >= 0.6 is 0 Å². The topological polar surface area (TPSA) is 34.1 Å². The molecule has 1 aromatic rings. The van der Waals surface area contributed by atoms with Crippen molar-refractivity contribution in [3.8, 4) is 0 Å². The Bertz CT molecular complexity index is 445. The van der Waals surface area contributed by atoms with Gasteiger partial charge in [-0.15, -0.1) is 0 Å². The van der Waals surface area contributed by atoms with Gasteiger partial charge in [0.05, 0.1) is 0 Å². The molecule has 0 N–H and O–H groups in total. The van der Waals surface area contributed by atoms with E-state index in [4.69, 9.17) is 0 Å². The molecule has 1 rings (SSSR count). The van der Waals surface area contributed by atoms with Crippen LogP contribution in [0, 0.1) is 0 Å². The maximum atomic E-state index is 11.5. The van der Waals surface area contributed by atoms with Crippen LogP contribution in [0.5, 0.6) is 0 Å². The normalized spacial score (nSPS) is 9.89. The van der Waals surface area contributed by atoms with Gasteiger partial charge < -0.3 is 0 Å². The third kappa shape index (κ3) is 4.13. The molecule has 0 bridgehead atoms. The first kappa shape index (κ1) is 14.1.